The Morgan fingerprint density at radius 3 is 2.39 bits per heavy atom. The van der Waals surface area contributed by atoms with Gasteiger partial charge in [0.1, 0.15) is 0 Å². The molecule has 0 spiro atoms. The largest absolute Gasteiger partial charge is 0.348 e. The van der Waals surface area contributed by atoms with E-state index in [1.807, 2.05) is 43.3 Å². The molecule has 4 rings (SSSR count). The van der Waals surface area contributed by atoms with Crippen molar-refractivity contribution in [3.63, 3.8) is 0 Å². The molecule has 2 aliphatic carbocycles. The molecule has 178 valence electrons. The lowest BCUT2D eigenvalue weighted by Crippen LogP contribution is -2.52. The average Bonchev–Trinajstić information content (AvgIpc) is 3.24. The third-order valence-corrected chi connectivity index (χ3v) is 10.3. The second-order valence-corrected chi connectivity index (χ2v) is 13.0. The molecule has 2 aliphatic rings. The predicted molar refractivity (Wildman–Crippen MR) is 131 cm³/mol. The molecule has 2 aromatic rings. The molecule has 1 amide bonds. The highest BCUT2D eigenvalue weighted by atomic mass is 32.2. The number of benzene rings is 2. The van der Waals surface area contributed by atoms with Gasteiger partial charge in [0.15, 0.2) is 0 Å². The molecule has 6 heteroatoms. The van der Waals surface area contributed by atoms with Crippen LogP contribution in [0.25, 0.3) is 0 Å². The summed E-state index contributed by atoms with van der Waals surface area (Å²) in [5.74, 6) is 0.433. The molecule has 2 aromatic carbocycles. The lowest BCUT2D eigenvalue weighted by atomic mass is 9.68. The Morgan fingerprint density at radius 1 is 1.12 bits per heavy atom. The number of carbonyl (C=O) groups is 1. The minimum atomic E-state index is -3.76. The van der Waals surface area contributed by atoms with Gasteiger partial charge in [0.25, 0.3) is 5.91 Å². The second kappa shape index (κ2) is 8.24. The van der Waals surface area contributed by atoms with Crippen LogP contribution in [0.2, 0.25) is 0 Å². The highest BCUT2D eigenvalue weighted by molar-refractivity contribution is 7.89. The fourth-order valence-electron chi connectivity index (χ4n) is 6.20. The Labute approximate surface area is 198 Å². The third kappa shape index (κ3) is 4.12. The molecule has 2 bridgehead atoms. The standard InChI is InChI=1S/C27H36N2O3S/c1-18-14-21(24(30)28-25-26(3,4)22-12-13-27(25,5)16-22)15-23(19(18)2)33(31,32)29(6)17-20-10-8-7-9-11-20/h7-11,14-15,22,25H,12-13,16-17H2,1-6H3,(H,28,30). The fraction of sp³-hybridized carbons (Fsp3) is 0.519. The number of amides is 1. The van der Waals surface area contributed by atoms with Gasteiger partial charge in [-0.3, -0.25) is 4.79 Å². The summed E-state index contributed by atoms with van der Waals surface area (Å²) in [5.41, 5.74) is 2.94. The van der Waals surface area contributed by atoms with E-state index in [-0.39, 0.29) is 34.2 Å². The van der Waals surface area contributed by atoms with Crippen LogP contribution in [0.3, 0.4) is 0 Å². The van der Waals surface area contributed by atoms with Crippen LogP contribution in [0.1, 0.15) is 67.1 Å². The summed E-state index contributed by atoms with van der Waals surface area (Å²) in [6.45, 7) is 10.7. The quantitative estimate of drug-likeness (QED) is 0.644. The van der Waals surface area contributed by atoms with Crippen molar-refractivity contribution in [2.24, 2.45) is 16.7 Å². The van der Waals surface area contributed by atoms with E-state index in [1.165, 1.54) is 10.7 Å². The van der Waals surface area contributed by atoms with Crippen molar-refractivity contribution >= 4 is 15.9 Å². The van der Waals surface area contributed by atoms with Crippen LogP contribution in [-0.4, -0.2) is 31.7 Å². The van der Waals surface area contributed by atoms with Crippen LogP contribution in [0.4, 0.5) is 0 Å². The van der Waals surface area contributed by atoms with Gasteiger partial charge in [-0.1, -0.05) is 51.1 Å². The molecular weight excluding hydrogens is 432 g/mol. The molecule has 0 aromatic heterocycles. The van der Waals surface area contributed by atoms with Crippen LogP contribution in [0.5, 0.6) is 0 Å². The summed E-state index contributed by atoms with van der Waals surface area (Å²) in [4.78, 5) is 13.6. The predicted octanol–water partition coefficient (Wildman–Crippen LogP) is 5.07. The second-order valence-electron chi connectivity index (χ2n) is 11.0. The zero-order chi connectivity index (χ0) is 24.2. The molecule has 5 nitrogen and oxygen atoms in total. The zero-order valence-corrected chi connectivity index (χ0v) is 21.4. The lowest BCUT2D eigenvalue weighted by molar-refractivity contribution is 0.0737. The molecule has 0 aliphatic heterocycles. The number of fused-ring (bicyclic) bond motifs is 2. The summed E-state index contributed by atoms with van der Waals surface area (Å²) in [6.07, 6.45) is 3.49. The van der Waals surface area contributed by atoms with Gasteiger partial charge in [-0.25, -0.2) is 8.42 Å². The maximum Gasteiger partial charge on any atom is 0.251 e. The van der Waals surface area contributed by atoms with Crippen molar-refractivity contribution in [2.45, 2.75) is 71.4 Å². The molecule has 0 saturated heterocycles. The van der Waals surface area contributed by atoms with Gasteiger partial charge in [-0.2, -0.15) is 4.31 Å². The first-order valence-electron chi connectivity index (χ1n) is 11.8. The first-order chi connectivity index (χ1) is 15.4. The lowest BCUT2D eigenvalue weighted by Gasteiger charge is -2.43. The van der Waals surface area contributed by atoms with Crippen molar-refractivity contribution in [3.8, 4) is 0 Å². The van der Waals surface area contributed by atoms with E-state index in [1.54, 1.807) is 20.0 Å². The SMILES string of the molecule is Cc1cc(C(=O)NC2C3(C)CCC(C3)C2(C)C)cc(S(=O)(=O)N(C)Cc2ccccc2)c1C. The highest BCUT2D eigenvalue weighted by Crippen LogP contribution is 2.62. The van der Waals surface area contributed by atoms with E-state index < -0.39 is 10.0 Å². The Balaban J connectivity index is 1.62. The average molecular weight is 469 g/mol. The first-order valence-corrected chi connectivity index (χ1v) is 13.2. The van der Waals surface area contributed by atoms with Gasteiger partial charge >= 0.3 is 0 Å². The number of hydrogen-bond donors (Lipinski definition) is 1. The molecular formula is C27H36N2O3S. The molecule has 2 fully saturated rings. The van der Waals surface area contributed by atoms with Gasteiger partial charge < -0.3 is 5.32 Å². The highest BCUT2D eigenvalue weighted by Gasteiger charge is 2.59. The van der Waals surface area contributed by atoms with Crippen LogP contribution in [0.15, 0.2) is 47.4 Å². The molecule has 2 saturated carbocycles. The van der Waals surface area contributed by atoms with Crippen LogP contribution in [-0.2, 0) is 16.6 Å². The van der Waals surface area contributed by atoms with Gasteiger partial charge in [0, 0.05) is 25.2 Å². The summed E-state index contributed by atoms with van der Waals surface area (Å²) in [5, 5.41) is 3.30. The van der Waals surface area contributed by atoms with Crippen molar-refractivity contribution in [3.05, 3.63) is 64.7 Å². The zero-order valence-electron chi connectivity index (χ0n) is 20.6. The number of aryl methyl sites for hydroxylation is 1. The van der Waals surface area contributed by atoms with Crippen LogP contribution in [0, 0.1) is 30.6 Å². The van der Waals surface area contributed by atoms with E-state index in [4.69, 9.17) is 0 Å². The Kier molecular flexibility index (Phi) is 5.98. The maximum atomic E-state index is 13.5. The Morgan fingerprint density at radius 2 is 1.79 bits per heavy atom. The van der Waals surface area contributed by atoms with Gasteiger partial charge in [-0.05, 0) is 78.7 Å². The van der Waals surface area contributed by atoms with Crippen molar-refractivity contribution in [1.82, 2.24) is 9.62 Å². The minimum absolute atomic E-state index is 0.0349. The number of rotatable bonds is 6. The molecule has 33 heavy (non-hydrogen) atoms. The normalized spacial score (nSPS) is 26.0. The minimum Gasteiger partial charge on any atom is -0.348 e. The topological polar surface area (TPSA) is 66.5 Å². The Bertz CT molecular complexity index is 1170. The summed E-state index contributed by atoms with van der Waals surface area (Å²) in [7, 11) is -2.18. The van der Waals surface area contributed by atoms with E-state index >= 15 is 0 Å². The first kappa shape index (κ1) is 24.0. The van der Waals surface area contributed by atoms with Gasteiger partial charge in [0.05, 0.1) is 4.90 Å². The molecule has 0 heterocycles. The van der Waals surface area contributed by atoms with Crippen LogP contribution >= 0.6 is 0 Å². The van der Waals surface area contributed by atoms with Crippen LogP contribution < -0.4 is 5.32 Å². The van der Waals surface area contributed by atoms with E-state index in [0.29, 0.717) is 17.0 Å². The number of nitrogens with one attached hydrogen (secondary N) is 1. The van der Waals surface area contributed by atoms with E-state index in [0.717, 1.165) is 24.0 Å². The molecule has 1 N–H and O–H groups in total. The number of nitrogens with zero attached hydrogens (tertiary/aromatic N) is 1. The van der Waals surface area contributed by atoms with Gasteiger partial charge in [0.2, 0.25) is 10.0 Å². The molecule has 0 radical (unpaired) electrons. The van der Waals surface area contributed by atoms with Crippen molar-refractivity contribution in [1.29, 1.82) is 0 Å². The number of hydrogen-bond acceptors (Lipinski definition) is 3. The summed E-state index contributed by atoms with van der Waals surface area (Å²) < 4.78 is 28.3. The summed E-state index contributed by atoms with van der Waals surface area (Å²) >= 11 is 0. The maximum absolute atomic E-state index is 13.5. The van der Waals surface area contributed by atoms with E-state index in [2.05, 4.69) is 26.1 Å². The Hall–Kier alpha value is -2.18. The monoisotopic (exact) mass is 468 g/mol. The van der Waals surface area contributed by atoms with Crippen molar-refractivity contribution < 1.29 is 13.2 Å². The summed E-state index contributed by atoms with van der Waals surface area (Å²) in [6, 6.07) is 13.0. The smallest absolute Gasteiger partial charge is 0.251 e. The molecule has 3 unspecified atom stereocenters. The fourth-order valence-corrected chi connectivity index (χ4v) is 7.67. The van der Waals surface area contributed by atoms with Crippen molar-refractivity contribution in [2.75, 3.05) is 7.05 Å². The number of carbonyl (C=O) groups excluding carboxylic acids is 1. The van der Waals surface area contributed by atoms with E-state index in [9.17, 15) is 13.2 Å². The third-order valence-electron chi connectivity index (χ3n) is 8.36. The molecule has 3 atom stereocenters. The number of sulfonamides is 1. The van der Waals surface area contributed by atoms with Gasteiger partial charge in [-0.15, -0.1) is 0 Å².